The van der Waals surface area contributed by atoms with Crippen molar-refractivity contribution in [2.75, 3.05) is 7.05 Å². The molecule has 0 bridgehead atoms. The number of aromatic nitrogens is 1. The standard InChI is InChI=1S/C19H18N2O4/c1-3-12-4-6-15-14(9-18(23)25-16(15)8-12)11-21-10-13(19(24)20-2)5-7-17(21)22/h4-10H,3,11H2,1-2H3,(H,20,24). The van der Waals surface area contributed by atoms with E-state index in [-0.39, 0.29) is 18.0 Å². The topological polar surface area (TPSA) is 81.3 Å². The molecule has 1 amide bonds. The highest BCUT2D eigenvalue weighted by Gasteiger charge is 2.10. The van der Waals surface area contributed by atoms with Crippen molar-refractivity contribution in [2.45, 2.75) is 19.9 Å². The summed E-state index contributed by atoms with van der Waals surface area (Å²) in [6, 6.07) is 9.89. The van der Waals surface area contributed by atoms with Crippen molar-refractivity contribution in [3.63, 3.8) is 0 Å². The minimum absolute atomic E-state index is 0.178. The van der Waals surface area contributed by atoms with E-state index in [1.54, 1.807) is 0 Å². The highest BCUT2D eigenvalue weighted by Crippen LogP contribution is 2.19. The molecule has 2 aromatic heterocycles. The van der Waals surface area contributed by atoms with Gasteiger partial charge in [0.05, 0.1) is 12.1 Å². The number of rotatable bonds is 4. The van der Waals surface area contributed by atoms with Crippen LogP contribution in [0.5, 0.6) is 0 Å². The molecule has 25 heavy (non-hydrogen) atoms. The third-order valence-corrected chi connectivity index (χ3v) is 4.12. The monoisotopic (exact) mass is 338 g/mol. The number of carbonyl (C=O) groups excluding carboxylic acids is 1. The molecule has 6 heteroatoms. The van der Waals surface area contributed by atoms with Crippen LogP contribution in [0.3, 0.4) is 0 Å². The molecular weight excluding hydrogens is 320 g/mol. The second kappa shape index (κ2) is 6.76. The molecule has 0 fully saturated rings. The summed E-state index contributed by atoms with van der Waals surface area (Å²) in [6.07, 6.45) is 2.32. The molecule has 0 aliphatic carbocycles. The molecule has 0 unspecified atom stereocenters. The predicted octanol–water partition coefficient (Wildman–Crippen LogP) is 1.93. The molecule has 0 saturated carbocycles. The van der Waals surface area contributed by atoms with Crippen LogP contribution in [0, 0.1) is 0 Å². The zero-order valence-corrected chi connectivity index (χ0v) is 14.0. The molecule has 3 rings (SSSR count). The fraction of sp³-hybridized carbons (Fsp3) is 0.211. The number of hydrogen-bond acceptors (Lipinski definition) is 4. The first-order valence-electron chi connectivity index (χ1n) is 8.00. The van der Waals surface area contributed by atoms with E-state index >= 15 is 0 Å². The molecule has 1 aromatic carbocycles. The highest BCUT2D eigenvalue weighted by molar-refractivity contribution is 5.93. The van der Waals surface area contributed by atoms with Crippen molar-refractivity contribution >= 4 is 16.9 Å². The maximum Gasteiger partial charge on any atom is 0.336 e. The summed E-state index contributed by atoms with van der Waals surface area (Å²) in [5.74, 6) is -0.279. The molecule has 0 aliphatic heterocycles. The van der Waals surface area contributed by atoms with Crippen LogP contribution in [0.1, 0.15) is 28.4 Å². The fourth-order valence-corrected chi connectivity index (χ4v) is 2.74. The highest BCUT2D eigenvalue weighted by atomic mass is 16.4. The van der Waals surface area contributed by atoms with Gasteiger partial charge in [-0.1, -0.05) is 19.1 Å². The van der Waals surface area contributed by atoms with Gasteiger partial charge in [0.15, 0.2) is 0 Å². The number of hydrogen-bond donors (Lipinski definition) is 1. The first-order chi connectivity index (χ1) is 12.0. The van der Waals surface area contributed by atoms with Crippen LogP contribution < -0.4 is 16.5 Å². The smallest absolute Gasteiger partial charge is 0.336 e. The number of fused-ring (bicyclic) bond motifs is 1. The Morgan fingerprint density at radius 2 is 1.96 bits per heavy atom. The van der Waals surface area contributed by atoms with Crippen molar-refractivity contribution in [1.29, 1.82) is 0 Å². The lowest BCUT2D eigenvalue weighted by Crippen LogP contribution is -2.24. The summed E-state index contributed by atoms with van der Waals surface area (Å²) >= 11 is 0. The molecule has 128 valence electrons. The number of nitrogens with one attached hydrogen (secondary N) is 1. The lowest BCUT2D eigenvalue weighted by Gasteiger charge is -2.10. The Morgan fingerprint density at radius 3 is 2.68 bits per heavy atom. The molecule has 1 N–H and O–H groups in total. The van der Waals surface area contributed by atoms with Crippen LogP contribution in [0.25, 0.3) is 11.0 Å². The van der Waals surface area contributed by atoms with Crippen molar-refractivity contribution in [3.05, 3.63) is 80.1 Å². The normalized spacial score (nSPS) is 10.8. The van der Waals surface area contributed by atoms with Crippen LogP contribution in [0.4, 0.5) is 0 Å². The van der Waals surface area contributed by atoms with Crippen LogP contribution in [-0.4, -0.2) is 17.5 Å². The molecular formula is C19H18N2O4. The van der Waals surface area contributed by atoms with Crippen molar-refractivity contribution in [1.82, 2.24) is 9.88 Å². The predicted molar refractivity (Wildman–Crippen MR) is 95.1 cm³/mol. The first kappa shape index (κ1) is 16.7. The second-order valence-corrected chi connectivity index (χ2v) is 5.74. The van der Waals surface area contributed by atoms with Gasteiger partial charge in [0.1, 0.15) is 5.58 Å². The van der Waals surface area contributed by atoms with Crippen LogP contribution in [0.2, 0.25) is 0 Å². The number of aryl methyl sites for hydroxylation is 1. The number of carbonyl (C=O) groups is 1. The number of amides is 1. The van der Waals surface area contributed by atoms with Gasteiger partial charge in [0, 0.05) is 30.8 Å². The molecule has 0 atom stereocenters. The largest absolute Gasteiger partial charge is 0.423 e. The molecule has 3 aromatic rings. The molecule has 2 heterocycles. The quantitative estimate of drug-likeness (QED) is 0.737. The van der Waals surface area contributed by atoms with E-state index in [9.17, 15) is 14.4 Å². The Morgan fingerprint density at radius 1 is 1.16 bits per heavy atom. The van der Waals surface area contributed by atoms with Gasteiger partial charge in [-0.05, 0) is 29.7 Å². The number of benzene rings is 1. The van der Waals surface area contributed by atoms with Crippen LogP contribution >= 0.6 is 0 Å². The van der Waals surface area contributed by atoms with E-state index in [4.69, 9.17) is 4.42 Å². The Labute approximate surface area is 143 Å². The van der Waals surface area contributed by atoms with Gasteiger partial charge < -0.3 is 14.3 Å². The van der Waals surface area contributed by atoms with E-state index < -0.39 is 5.63 Å². The van der Waals surface area contributed by atoms with Gasteiger partial charge in [0.2, 0.25) is 0 Å². The van der Waals surface area contributed by atoms with Gasteiger partial charge in [-0.2, -0.15) is 0 Å². The fourth-order valence-electron chi connectivity index (χ4n) is 2.74. The summed E-state index contributed by atoms with van der Waals surface area (Å²) in [5.41, 5.74) is 1.89. The maximum atomic E-state index is 12.1. The minimum atomic E-state index is -0.466. The van der Waals surface area contributed by atoms with E-state index in [0.29, 0.717) is 16.7 Å². The van der Waals surface area contributed by atoms with Crippen molar-refractivity contribution in [3.8, 4) is 0 Å². The third kappa shape index (κ3) is 3.38. The zero-order chi connectivity index (χ0) is 18.0. The van der Waals surface area contributed by atoms with E-state index in [0.717, 1.165) is 17.4 Å². The number of nitrogens with zero attached hydrogens (tertiary/aromatic N) is 1. The minimum Gasteiger partial charge on any atom is -0.423 e. The Balaban J connectivity index is 2.11. The van der Waals surface area contributed by atoms with Gasteiger partial charge in [0.25, 0.3) is 11.5 Å². The SMILES string of the molecule is CCc1ccc2c(Cn3cc(C(=O)NC)ccc3=O)cc(=O)oc2c1. The average molecular weight is 338 g/mol. The molecule has 0 radical (unpaired) electrons. The van der Waals surface area contributed by atoms with Gasteiger partial charge >= 0.3 is 5.63 Å². The lowest BCUT2D eigenvalue weighted by atomic mass is 10.1. The van der Waals surface area contributed by atoms with E-state index in [1.165, 1.54) is 36.0 Å². The molecule has 0 aliphatic rings. The summed E-state index contributed by atoms with van der Waals surface area (Å²) in [5, 5.41) is 3.30. The molecule has 0 spiro atoms. The summed E-state index contributed by atoms with van der Waals surface area (Å²) in [7, 11) is 1.53. The lowest BCUT2D eigenvalue weighted by molar-refractivity contribution is 0.0962. The van der Waals surface area contributed by atoms with Crippen LogP contribution in [-0.2, 0) is 13.0 Å². The Kier molecular flexibility index (Phi) is 4.52. The molecule has 0 saturated heterocycles. The summed E-state index contributed by atoms with van der Waals surface area (Å²) < 4.78 is 6.69. The summed E-state index contributed by atoms with van der Waals surface area (Å²) in [4.78, 5) is 35.8. The first-order valence-corrected chi connectivity index (χ1v) is 8.00. The third-order valence-electron chi connectivity index (χ3n) is 4.12. The van der Waals surface area contributed by atoms with E-state index in [1.807, 2.05) is 25.1 Å². The van der Waals surface area contributed by atoms with Gasteiger partial charge in [-0.3, -0.25) is 9.59 Å². The van der Waals surface area contributed by atoms with Gasteiger partial charge in [-0.25, -0.2) is 4.79 Å². The number of pyridine rings is 1. The van der Waals surface area contributed by atoms with E-state index in [2.05, 4.69) is 5.32 Å². The maximum absolute atomic E-state index is 12.1. The Bertz CT molecular complexity index is 1060. The molecule has 6 nitrogen and oxygen atoms in total. The zero-order valence-electron chi connectivity index (χ0n) is 14.0. The second-order valence-electron chi connectivity index (χ2n) is 5.74. The average Bonchev–Trinajstić information content (AvgIpc) is 2.62. The Hall–Kier alpha value is -3.15. The summed E-state index contributed by atoms with van der Waals surface area (Å²) in [6.45, 7) is 2.20. The van der Waals surface area contributed by atoms with Crippen molar-refractivity contribution in [2.24, 2.45) is 0 Å². The van der Waals surface area contributed by atoms with Crippen LogP contribution in [0.15, 0.2) is 56.6 Å². The van der Waals surface area contributed by atoms with Crippen molar-refractivity contribution < 1.29 is 9.21 Å². The van der Waals surface area contributed by atoms with Gasteiger partial charge in [-0.15, -0.1) is 0 Å².